The lowest BCUT2D eigenvalue weighted by atomic mass is 9.98. The molecule has 0 aliphatic heterocycles. The molecule has 0 saturated heterocycles. The molecule has 2 N–H and O–H groups in total. The van der Waals surface area contributed by atoms with Crippen LogP contribution in [0.4, 0.5) is 8.78 Å². The van der Waals surface area contributed by atoms with Crippen molar-refractivity contribution in [1.82, 2.24) is 5.32 Å². The quantitative estimate of drug-likeness (QED) is 0.781. The lowest BCUT2D eigenvalue weighted by Gasteiger charge is -2.14. The van der Waals surface area contributed by atoms with Crippen LogP contribution in [0.25, 0.3) is 0 Å². The van der Waals surface area contributed by atoms with Crippen LogP contribution in [-0.4, -0.2) is 23.5 Å². The summed E-state index contributed by atoms with van der Waals surface area (Å²) in [6.45, 7) is 1.97. The highest BCUT2D eigenvalue weighted by Gasteiger charge is 2.44. The molecule has 2 aromatic carbocycles. The third kappa shape index (κ3) is 4.70. The Morgan fingerprint density at radius 2 is 1.96 bits per heavy atom. The van der Waals surface area contributed by atoms with Crippen LogP contribution in [0.15, 0.2) is 42.5 Å². The van der Waals surface area contributed by atoms with Crippen LogP contribution in [0.5, 0.6) is 0 Å². The second-order valence-corrected chi connectivity index (χ2v) is 7.10. The summed E-state index contributed by atoms with van der Waals surface area (Å²) in [6, 6.07) is 11.3. The number of carboxylic acid groups (broad SMARTS) is 1. The van der Waals surface area contributed by atoms with Crippen LogP contribution in [0, 0.1) is 30.4 Å². The summed E-state index contributed by atoms with van der Waals surface area (Å²) in [5.41, 5.74) is 2.54. The first-order valence-electron chi connectivity index (χ1n) is 8.86. The van der Waals surface area contributed by atoms with Crippen molar-refractivity contribution in [3.8, 4) is 0 Å². The smallest absolute Gasteiger partial charge is 0.308 e. The van der Waals surface area contributed by atoms with Crippen molar-refractivity contribution < 1.29 is 23.5 Å². The number of aryl methyl sites for hydroxylation is 1. The van der Waals surface area contributed by atoms with Gasteiger partial charge in [0.15, 0.2) is 11.6 Å². The van der Waals surface area contributed by atoms with E-state index in [9.17, 15) is 23.5 Å². The number of carboxylic acids is 1. The van der Waals surface area contributed by atoms with Gasteiger partial charge in [-0.15, -0.1) is 0 Å². The molecule has 3 rings (SSSR count). The van der Waals surface area contributed by atoms with Gasteiger partial charge in [-0.2, -0.15) is 0 Å². The first kappa shape index (κ1) is 19.0. The lowest BCUT2D eigenvalue weighted by molar-refractivity contribution is -0.141. The van der Waals surface area contributed by atoms with Crippen molar-refractivity contribution in [1.29, 1.82) is 0 Å². The number of halogens is 2. The maximum absolute atomic E-state index is 13.3. The zero-order chi connectivity index (χ0) is 19.6. The number of amides is 1. The number of carbonyl (C=O) groups excluding carboxylic acids is 1. The Morgan fingerprint density at radius 1 is 1.19 bits per heavy atom. The van der Waals surface area contributed by atoms with Gasteiger partial charge >= 0.3 is 5.97 Å². The Bertz CT molecular complexity index is 868. The summed E-state index contributed by atoms with van der Waals surface area (Å²) < 4.78 is 26.4. The molecule has 1 saturated carbocycles. The number of nitrogens with one attached hydrogen (secondary N) is 1. The summed E-state index contributed by atoms with van der Waals surface area (Å²) in [5.74, 6) is -4.27. The molecule has 3 atom stereocenters. The summed E-state index contributed by atoms with van der Waals surface area (Å²) >= 11 is 0. The highest BCUT2D eigenvalue weighted by atomic mass is 19.2. The van der Waals surface area contributed by atoms with Crippen LogP contribution >= 0.6 is 0 Å². The van der Waals surface area contributed by atoms with Gasteiger partial charge in [0.1, 0.15) is 0 Å². The number of hydrogen-bond acceptors (Lipinski definition) is 2. The fourth-order valence-electron chi connectivity index (χ4n) is 3.32. The highest BCUT2D eigenvalue weighted by Crippen LogP contribution is 2.47. The van der Waals surface area contributed by atoms with Crippen LogP contribution < -0.4 is 5.32 Å². The summed E-state index contributed by atoms with van der Waals surface area (Å²) in [6.07, 6.45) is 0.876. The van der Waals surface area contributed by atoms with Crippen molar-refractivity contribution in [3.05, 3.63) is 70.8 Å². The Morgan fingerprint density at radius 3 is 2.63 bits per heavy atom. The second kappa shape index (κ2) is 7.86. The average Bonchev–Trinajstić information content (AvgIpc) is 3.41. The average molecular weight is 373 g/mol. The minimum Gasteiger partial charge on any atom is -0.481 e. The van der Waals surface area contributed by atoms with Crippen LogP contribution in [0.3, 0.4) is 0 Å². The molecule has 0 bridgehead atoms. The molecule has 2 aromatic rings. The van der Waals surface area contributed by atoms with E-state index in [1.54, 1.807) is 0 Å². The van der Waals surface area contributed by atoms with Crippen LogP contribution in [0.1, 0.15) is 29.0 Å². The third-order valence-electron chi connectivity index (χ3n) is 4.94. The predicted molar refractivity (Wildman–Crippen MR) is 96.2 cm³/mol. The van der Waals surface area contributed by atoms with Crippen molar-refractivity contribution >= 4 is 11.9 Å². The number of rotatable bonds is 7. The van der Waals surface area contributed by atoms with Crippen molar-refractivity contribution in [2.45, 2.75) is 25.7 Å². The van der Waals surface area contributed by atoms with E-state index in [2.05, 4.69) is 5.32 Å². The maximum Gasteiger partial charge on any atom is 0.308 e. The standard InChI is InChI=1S/C21H21F2NO3/c1-12-3-2-4-13(7-12)8-15(21(26)27)11-24-20(25)17-10-16(17)14-5-6-18(22)19(23)9-14/h2-7,9,15-17H,8,10-11H2,1H3,(H,24,25)(H,26,27). The molecule has 6 heteroatoms. The molecule has 0 spiro atoms. The molecule has 1 aliphatic carbocycles. The number of benzene rings is 2. The SMILES string of the molecule is Cc1cccc(CC(CNC(=O)C2CC2c2ccc(F)c(F)c2)C(=O)O)c1. The maximum atomic E-state index is 13.3. The van der Waals surface area contributed by atoms with E-state index >= 15 is 0 Å². The topological polar surface area (TPSA) is 66.4 Å². The van der Waals surface area contributed by atoms with Crippen LogP contribution in [-0.2, 0) is 16.0 Å². The van der Waals surface area contributed by atoms with Gasteiger partial charge in [0, 0.05) is 12.5 Å². The summed E-state index contributed by atoms with van der Waals surface area (Å²) in [4.78, 5) is 23.8. The van der Waals surface area contributed by atoms with Crippen LogP contribution in [0.2, 0.25) is 0 Å². The van der Waals surface area contributed by atoms with E-state index < -0.39 is 23.5 Å². The van der Waals surface area contributed by atoms with Gasteiger partial charge < -0.3 is 10.4 Å². The van der Waals surface area contributed by atoms with Gasteiger partial charge in [-0.05, 0) is 48.9 Å². The summed E-state index contributed by atoms with van der Waals surface area (Å²) in [5, 5.41) is 12.1. The zero-order valence-electron chi connectivity index (χ0n) is 14.9. The highest BCUT2D eigenvalue weighted by molar-refractivity contribution is 5.83. The van der Waals surface area contributed by atoms with E-state index in [4.69, 9.17) is 0 Å². The third-order valence-corrected chi connectivity index (χ3v) is 4.94. The summed E-state index contributed by atoms with van der Waals surface area (Å²) in [7, 11) is 0. The van der Waals surface area contributed by atoms with E-state index in [1.165, 1.54) is 6.07 Å². The molecule has 1 amide bonds. The molecule has 27 heavy (non-hydrogen) atoms. The first-order valence-corrected chi connectivity index (χ1v) is 8.86. The molecular weight excluding hydrogens is 352 g/mol. The second-order valence-electron chi connectivity index (χ2n) is 7.10. The van der Waals surface area contributed by atoms with Gasteiger partial charge in [-0.1, -0.05) is 35.9 Å². The molecule has 0 heterocycles. The largest absolute Gasteiger partial charge is 0.481 e. The Hall–Kier alpha value is -2.76. The zero-order valence-corrected chi connectivity index (χ0v) is 14.9. The minimum atomic E-state index is -0.968. The van der Waals surface area contributed by atoms with Crippen molar-refractivity contribution in [2.24, 2.45) is 11.8 Å². The fraction of sp³-hybridized carbons (Fsp3) is 0.333. The molecule has 142 valence electrons. The van der Waals surface area contributed by atoms with Crippen molar-refractivity contribution in [2.75, 3.05) is 6.54 Å². The molecule has 0 radical (unpaired) electrons. The van der Waals surface area contributed by atoms with Gasteiger partial charge in [0.25, 0.3) is 0 Å². The monoisotopic (exact) mass is 373 g/mol. The molecule has 3 unspecified atom stereocenters. The normalized spacial score (nSPS) is 19.4. The molecule has 0 aromatic heterocycles. The van der Waals surface area contributed by atoms with Gasteiger partial charge in [-0.25, -0.2) is 8.78 Å². The molecule has 4 nitrogen and oxygen atoms in total. The van der Waals surface area contributed by atoms with E-state index in [-0.39, 0.29) is 24.3 Å². The first-order chi connectivity index (χ1) is 12.8. The minimum absolute atomic E-state index is 0.0309. The fourth-order valence-corrected chi connectivity index (χ4v) is 3.32. The number of carbonyl (C=O) groups is 2. The van der Waals surface area contributed by atoms with E-state index in [1.807, 2.05) is 31.2 Å². The Balaban J connectivity index is 1.55. The number of aliphatic carboxylic acids is 1. The predicted octanol–water partition coefficient (Wildman–Crippen LogP) is 3.44. The number of hydrogen-bond donors (Lipinski definition) is 2. The lowest BCUT2D eigenvalue weighted by Crippen LogP contribution is -2.35. The van der Waals surface area contributed by atoms with E-state index in [0.29, 0.717) is 18.4 Å². The van der Waals surface area contributed by atoms with Gasteiger partial charge in [-0.3, -0.25) is 9.59 Å². The Kier molecular flexibility index (Phi) is 5.54. The van der Waals surface area contributed by atoms with Gasteiger partial charge in [0.2, 0.25) is 5.91 Å². The molecule has 1 aliphatic rings. The Labute approximate surface area is 156 Å². The van der Waals surface area contributed by atoms with Crippen molar-refractivity contribution in [3.63, 3.8) is 0 Å². The van der Waals surface area contributed by atoms with Gasteiger partial charge in [0.05, 0.1) is 5.92 Å². The molecule has 1 fully saturated rings. The van der Waals surface area contributed by atoms with E-state index in [0.717, 1.165) is 23.3 Å². The molecular formula is C21H21F2NO3.